The molecule has 0 saturated heterocycles. The average Bonchev–Trinajstić information content (AvgIpc) is 2.77. The van der Waals surface area contributed by atoms with E-state index in [9.17, 15) is 4.79 Å². The molecule has 1 heterocycles. The standard InChI is InChI=1S/C16H23N3O/c1-11(2)19-10-18-13-8-12(6-7-14(13)19)9-17-15(20)16(3,4)5/h6-8,10-11H,9H2,1-5H3,(H,17,20). The van der Waals surface area contributed by atoms with Gasteiger partial charge in [-0.15, -0.1) is 0 Å². The third-order valence-electron chi connectivity index (χ3n) is 3.33. The van der Waals surface area contributed by atoms with Gasteiger partial charge in [0, 0.05) is 18.0 Å². The molecule has 0 radical (unpaired) electrons. The van der Waals surface area contributed by atoms with Crippen LogP contribution in [0.4, 0.5) is 0 Å². The lowest BCUT2D eigenvalue weighted by Gasteiger charge is -2.17. The van der Waals surface area contributed by atoms with Crippen molar-refractivity contribution in [3.05, 3.63) is 30.1 Å². The van der Waals surface area contributed by atoms with Crippen molar-refractivity contribution in [2.75, 3.05) is 0 Å². The Morgan fingerprint density at radius 3 is 2.65 bits per heavy atom. The van der Waals surface area contributed by atoms with Gasteiger partial charge in [-0.05, 0) is 31.5 Å². The van der Waals surface area contributed by atoms with E-state index in [0.29, 0.717) is 12.6 Å². The summed E-state index contributed by atoms with van der Waals surface area (Å²) >= 11 is 0. The zero-order valence-electron chi connectivity index (χ0n) is 12.9. The van der Waals surface area contributed by atoms with Gasteiger partial charge in [0.1, 0.15) is 0 Å². The molecule has 2 rings (SSSR count). The number of benzene rings is 1. The highest BCUT2D eigenvalue weighted by molar-refractivity contribution is 5.81. The van der Waals surface area contributed by atoms with Crippen molar-refractivity contribution in [1.82, 2.24) is 14.9 Å². The molecule has 0 spiro atoms. The molecule has 0 aliphatic heterocycles. The van der Waals surface area contributed by atoms with Gasteiger partial charge in [0.2, 0.25) is 5.91 Å². The number of hydrogen-bond acceptors (Lipinski definition) is 2. The molecule has 1 N–H and O–H groups in total. The van der Waals surface area contributed by atoms with Crippen molar-refractivity contribution in [2.45, 2.75) is 47.2 Å². The van der Waals surface area contributed by atoms with Gasteiger partial charge in [0.15, 0.2) is 0 Å². The van der Waals surface area contributed by atoms with Gasteiger partial charge >= 0.3 is 0 Å². The Balaban J connectivity index is 2.15. The highest BCUT2D eigenvalue weighted by Crippen LogP contribution is 2.19. The number of carbonyl (C=O) groups excluding carboxylic acids is 1. The zero-order valence-corrected chi connectivity index (χ0v) is 12.9. The fourth-order valence-corrected chi connectivity index (χ4v) is 2.05. The summed E-state index contributed by atoms with van der Waals surface area (Å²) in [6, 6.07) is 6.55. The average molecular weight is 273 g/mol. The van der Waals surface area contributed by atoms with Crippen molar-refractivity contribution >= 4 is 16.9 Å². The SMILES string of the molecule is CC(C)n1cnc2cc(CNC(=O)C(C)(C)C)ccc21. The fourth-order valence-electron chi connectivity index (χ4n) is 2.05. The minimum Gasteiger partial charge on any atom is -0.352 e. The Morgan fingerprint density at radius 1 is 1.35 bits per heavy atom. The molecular weight excluding hydrogens is 250 g/mol. The molecule has 0 atom stereocenters. The second-order valence-electron chi connectivity index (χ2n) is 6.50. The van der Waals surface area contributed by atoms with Gasteiger partial charge in [-0.1, -0.05) is 26.8 Å². The second kappa shape index (κ2) is 5.27. The molecule has 20 heavy (non-hydrogen) atoms. The van der Waals surface area contributed by atoms with Crippen LogP contribution in [0, 0.1) is 5.41 Å². The Kier molecular flexibility index (Phi) is 3.84. The molecule has 0 aliphatic rings. The van der Waals surface area contributed by atoms with Gasteiger partial charge in [-0.2, -0.15) is 0 Å². The van der Waals surface area contributed by atoms with Crippen molar-refractivity contribution in [3.63, 3.8) is 0 Å². The first kappa shape index (κ1) is 14.6. The van der Waals surface area contributed by atoms with E-state index < -0.39 is 0 Å². The summed E-state index contributed by atoms with van der Waals surface area (Å²) in [5.41, 5.74) is 2.82. The summed E-state index contributed by atoms with van der Waals surface area (Å²) in [5.74, 6) is 0.0605. The highest BCUT2D eigenvalue weighted by atomic mass is 16.2. The summed E-state index contributed by atoms with van der Waals surface area (Å²) in [5, 5.41) is 2.96. The van der Waals surface area contributed by atoms with Crippen LogP contribution in [-0.4, -0.2) is 15.5 Å². The van der Waals surface area contributed by atoms with Crippen LogP contribution < -0.4 is 5.32 Å². The number of hydrogen-bond donors (Lipinski definition) is 1. The molecule has 0 bridgehead atoms. The van der Waals surface area contributed by atoms with Crippen LogP contribution in [0.2, 0.25) is 0 Å². The molecule has 2 aromatic rings. The lowest BCUT2D eigenvalue weighted by Crippen LogP contribution is -2.34. The molecule has 4 nitrogen and oxygen atoms in total. The lowest BCUT2D eigenvalue weighted by molar-refractivity contribution is -0.128. The van der Waals surface area contributed by atoms with Crippen LogP contribution in [0.5, 0.6) is 0 Å². The molecule has 0 fully saturated rings. The van der Waals surface area contributed by atoms with Gasteiger partial charge in [-0.3, -0.25) is 4.79 Å². The molecule has 1 aromatic carbocycles. The maximum absolute atomic E-state index is 11.9. The van der Waals surface area contributed by atoms with E-state index in [-0.39, 0.29) is 11.3 Å². The third kappa shape index (κ3) is 3.00. The monoisotopic (exact) mass is 273 g/mol. The number of imidazole rings is 1. The molecule has 4 heteroatoms. The van der Waals surface area contributed by atoms with Crippen LogP contribution in [0.1, 0.15) is 46.2 Å². The van der Waals surface area contributed by atoms with E-state index in [1.165, 1.54) is 0 Å². The minimum absolute atomic E-state index is 0.0605. The largest absolute Gasteiger partial charge is 0.352 e. The predicted octanol–water partition coefficient (Wildman–Crippen LogP) is 3.28. The quantitative estimate of drug-likeness (QED) is 0.933. The van der Waals surface area contributed by atoms with Crippen LogP contribution in [0.3, 0.4) is 0 Å². The number of rotatable bonds is 3. The number of fused-ring (bicyclic) bond motifs is 1. The van der Waals surface area contributed by atoms with Crippen molar-refractivity contribution < 1.29 is 4.79 Å². The Labute approximate surface area is 120 Å². The van der Waals surface area contributed by atoms with Gasteiger partial charge in [-0.25, -0.2) is 4.98 Å². The summed E-state index contributed by atoms with van der Waals surface area (Å²) in [4.78, 5) is 16.3. The highest BCUT2D eigenvalue weighted by Gasteiger charge is 2.20. The number of nitrogens with zero attached hydrogens (tertiary/aromatic N) is 2. The summed E-state index contributed by atoms with van der Waals surface area (Å²) in [7, 11) is 0. The summed E-state index contributed by atoms with van der Waals surface area (Å²) < 4.78 is 2.15. The van der Waals surface area contributed by atoms with E-state index in [0.717, 1.165) is 16.6 Å². The number of amides is 1. The minimum atomic E-state index is -0.358. The molecule has 0 unspecified atom stereocenters. The molecule has 0 saturated carbocycles. The third-order valence-corrected chi connectivity index (χ3v) is 3.33. The smallest absolute Gasteiger partial charge is 0.225 e. The van der Waals surface area contributed by atoms with Gasteiger partial charge in [0.05, 0.1) is 17.4 Å². The number of aromatic nitrogens is 2. The van der Waals surface area contributed by atoms with Gasteiger partial charge in [0.25, 0.3) is 0 Å². The Hall–Kier alpha value is -1.84. The molecule has 0 aliphatic carbocycles. The Morgan fingerprint density at radius 2 is 2.05 bits per heavy atom. The topological polar surface area (TPSA) is 46.9 Å². The normalized spacial score (nSPS) is 12.1. The van der Waals surface area contributed by atoms with Crippen LogP contribution in [-0.2, 0) is 11.3 Å². The Bertz CT molecular complexity index is 620. The number of nitrogens with one attached hydrogen (secondary N) is 1. The second-order valence-corrected chi connectivity index (χ2v) is 6.50. The summed E-state index contributed by atoms with van der Waals surface area (Å²) in [6.07, 6.45) is 1.87. The van der Waals surface area contributed by atoms with Crippen LogP contribution in [0.25, 0.3) is 11.0 Å². The van der Waals surface area contributed by atoms with Gasteiger partial charge < -0.3 is 9.88 Å². The summed E-state index contributed by atoms with van der Waals surface area (Å²) in [6.45, 7) is 10.6. The van der Waals surface area contributed by atoms with Crippen LogP contribution in [0.15, 0.2) is 24.5 Å². The molecular formula is C16H23N3O. The van der Waals surface area contributed by atoms with E-state index in [4.69, 9.17) is 0 Å². The maximum Gasteiger partial charge on any atom is 0.225 e. The molecule has 1 amide bonds. The van der Waals surface area contributed by atoms with E-state index in [1.54, 1.807) is 0 Å². The molecule has 108 valence electrons. The van der Waals surface area contributed by atoms with Crippen molar-refractivity contribution in [1.29, 1.82) is 0 Å². The number of carbonyl (C=O) groups is 1. The van der Waals surface area contributed by atoms with Crippen LogP contribution >= 0.6 is 0 Å². The molecule has 1 aromatic heterocycles. The van der Waals surface area contributed by atoms with E-state index >= 15 is 0 Å². The van der Waals surface area contributed by atoms with Crippen molar-refractivity contribution in [3.8, 4) is 0 Å². The first-order chi connectivity index (χ1) is 9.29. The van der Waals surface area contributed by atoms with E-state index in [2.05, 4.69) is 34.8 Å². The van der Waals surface area contributed by atoms with E-state index in [1.807, 2.05) is 39.2 Å². The predicted molar refractivity (Wildman–Crippen MR) is 81.4 cm³/mol. The zero-order chi connectivity index (χ0) is 14.9. The first-order valence-corrected chi connectivity index (χ1v) is 7.03. The first-order valence-electron chi connectivity index (χ1n) is 7.03. The maximum atomic E-state index is 11.9. The fraction of sp³-hybridized carbons (Fsp3) is 0.500. The lowest BCUT2D eigenvalue weighted by atomic mass is 9.95. The van der Waals surface area contributed by atoms with Crippen molar-refractivity contribution in [2.24, 2.45) is 5.41 Å².